The Bertz CT molecular complexity index is 553. The van der Waals surface area contributed by atoms with Gasteiger partial charge in [0.15, 0.2) is 0 Å². The van der Waals surface area contributed by atoms with Crippen LogP contribution < -0.4 is 0 Å². The molecule has 1 aliphatic heterocycles. The van der Waals surface area contributed by atoms with Crippen LogP contribution in [0.1, 0.15) is 20.3 Å². The van der Waals surface area contributed by atoms with Crippen LogP contribution in [0.4, 0.5) is 13.2 Å². The number of hydrogen-bond acceptors (Lipinski definition) is 1. The summed E-state index contributed by atoms with van der Waals surface area (Å²) in [5, 5.41) is 0. The van der Waals surface area contributed by atoms with Crippen molar-refractivity contribution in [2.24, 2.45) is 11.3 Å². The van der Waals surface area contributed by atoms with Gasteiger partial charge in [0.25, 0.3) is 0 Å². The summed E-state index contributed by atoms with van der Waals surface area (Å²) in [5.74, 6) is -0.158. The van der Waals surface area contributed by atoms with Crippen molar-refractivity contribution in [1.29, 1.82) is 0 Å². The van der Waals surface area contributed by atoms with Crippen LogP contribution in [0.5, 0.6) is 0 Å². The third-order valence-corrected chi connectivity index (χ3v) is 7.61. The first kappa shape index (κ1) is 18.6. The second-order valence-electron chi connectivity index (χ2n) is 6.93. The quantitative estimate of drug-likeness (QED) is 0.315. The molecule has 2 rings (SSSR count). The molecule has 0 aromatic carbocycles. The predicted molar refractivity (Wildman–Crippen MR) is 99.8 cm³/mol. The fourth-order valence-corrected chi connectivity index (χ4v) is 7.52. The van der Waals surface area contributed by atoms with Crippen molar-refractivity contribution in [2.45, 2.75) is 26.4 Å². The average molecular weight is 439 g/mol. The van der Waals surface area contributed by atoms with Crippen LogP contribution >= 0.6 is 19.8 Å². The van der Waals surface area contributed by atoms with Crippen molar-refractivity contribution >= 4 is 19.8 Å². The van der Waals surface area contributed by atoms with Gasteiger partial charge in [-0.15, -0.1) is 0 Å². The van der Waals surface area contributed by atoms with E-state index < -0.39 is 31.6 Å². The van der Waals surface area contributed by atoms with Gasteiger partial charge in [-0.2, -0.15) is 0 Å². The van der Waals surface area contributed by atoms with E-state index >= 15 is 0 Å². The van der Waals surface area contributed by atoms with Gasteiger partial charge in [-0.3, -0.25) is 0 Å². The summed E-state index contributed by atoms with van der Waals surface area (Å²) >= 11 is -1.02. The molecule has 1 aliphatic carbocycles. The van der Waals surface area contributed by atoms with E-state index in [2.05, 4.69) is 23.7 Å². The van der Waals surface area contributed by atoms with E-state index in [1.807, 2.05) is 24.3 Å². The van der Waals surface area contributed by atoms with E-state index in [4.69, 9.17) is 0 Å². The van der Waals surface area contributed by atoms with Gasteiger partial charge in [-0.1, -0.05) is 0 Å². The summed E-state index contributed by atoms with van der Waals surface area (Å²) in [5.41, 5.74) is -0.299. The molecule has 0 radical (unpaired) electrons. The number of halogens is 4. The third-order valence-electron chi connectivity index (χ3n) is 4.11. The predicted octanol–water partition coefficient (Wildman–Crippen LogP) is 5.56. The van der Waals surface area contributed by atoms with Gasteiger partial charge in [-0.05, 0) is 0 Å². The van der Waals surface area contributed by atoms with Crippen molar-refractivity contribution in [3.63, 3.8) is 0 Å². The van der Waals surface area contributed by atoms with Crippen molar-refractivity contribution in [1.82, 2.24) is 4.90 Å². The molecule has 1 nitrogen and oxygen atoms in total. The molecule has 0 amide bonds. The van der Waals surface area contributed by atoms with Crippen LogP contribution in [-0.4, -0.2) is 31.9 Å². The zero-order valence-electron chi connectivity index (χ0n) is 14.1. The summed E-state index contributed by atoms with van der Waals surface area (Å²) in [4.78, 5) is 6.25. The first-order valence-electron chi connectivity index (χ1n) is 7.67. The Morgan fingerprint density at radius 3 is 2.43 bits per heavy atom. The van der Waals surface area contributed by atoms with E-state index in [1.165, 1.54) is 6.08 Å². The monoisotopic (exact) mass is 439 g/mol. The zero-order valence-corrected chi connectivity index (χ0v) is 16.3. The Morgan fingerprint density at radius 1 is 1.13 bits per heavy atom. The molecule has 2 aliphatic rings. The van der Waals surface area contributed by atoms with E-state index in [-0.39, 0.29) is 11.3 Å². The number of hydrogen-bond donors (Lipinski definition) is 0. The summed E-state index contributed by atoms with van der Waals surface area (Å²) < 4.78 is 41.6. The maximum absolute atomic E-state index is 13.5. The van der Waals surface area contributed by atoms with Gasteiger partial charge in [0, 0.05) is 0 Å². The first-order chi connectivity index (χ1) is 10.6. The Labute approximate surface area is 144 Å². The molecular formula is C18H25F3IN. The summed E-state index contributed by atoms with van der Waals surface area (Å²) in [6, 6.07) is 0. The van der Waals surface area contributed by atoms with Crippen molar-refractivity contribution in [3.8, 4) is 0 Å². The van der Waals surface area contributed by atoms with Crippen molar-refractivity contribution < 1.29 is 13.2 Å². The van der Waals surface area contributed by atoms with E-state index in [0.29, 0.717) is 12.2 Å². The van der Waals surface area contributed by atoms with E-state index in [9.17, 15) is 13.2 Å². The normalized spacial score (nSPS) is 22.8. The third kappa shape index (κ3) is 4.64. The molecule has 23 heavy (non-hydrogen) atoms. The molecule has 0 aromatic heterocycles. The van der Waals surface area contributed by atoms with Crippen LogP contribution in [-0.2, 0) is 0 Å². The Kier molecular flexibility index (Phi) is 5.69. The summed E-state index contributed by atoms with van der Waals surface area (Å²) in [6.45, 7) is 4.68. The standard InChI is InChI=1S/C18H25F3IN/c1-17(2,13-22(3)4)14-11-15(18(19,20)21)16(12-14)23-9-7-5-6-8-10-23/h5,7-8,10-12,14H,6,9,13H2,1-4H3. The minimum atomic E-state index is -4.31. The molecular weight excluding hydrogens is 414 g/mol. The molecule has 0 saturated carbocycles. The van der Waals surface area contributed by atoms with Crippen LogP contribution in [0, 0.1) is 11.3 Å². The molecule has 0 N–H and O–H groups in total. The van der Waals surface area contributed by atoms with Gasteiger partial charge < -0.3 is 0 Å². The van der Waals surface area contributed by atoms with Gasteiger partial charge in [0.1, 0.15) is 0 Å². The topological polar surface area (TPSA) is 3.24 Å². The van der Waals surface area contributed by atoms with Gasteiger partial charge in [-0.25, -0.2) is 0 Å². The van der Waals surface area contributed by atoms with Crippen molar-refractivity contribution in [2.75, 3.05) is 20.8 Å². The first-order valence-corrected chi connectivity index (χ1v) is 13.5. The Hall–Kier alpha value is -0.720. The van der Waals surface area contributed by atoms with E-state index in [1.54, 1.807) is 11.1 Å². The number of nitrogens with zero attached hydrogens (tertiary/aromatic N) is 1. The van der Waals surface area contributed by atoms with Crippen LogP contribution in [0.25, 0.3) is 0 Å². The summed E-state index contributed by atoms with van der Waals surface area (Å²) in [6.07, 6.45) is 7.31. The van der Waals surface area contributed by atoms with Crippen LogP contribution in [0.3, 0.4) is 0 Å². The molecule has 1 heterocycles. The molecule has 0 fully saturated rings. The Balaban J connectivity index is 2.36. The SMILES string of the molecule is CI(C)CC(C)(C)C1C=C(N2C=CCC=CC2)C(C(F)(F)F)=C1. The van der Waals surface area contributed by atoms with Gasteiger partial charge >= 0.3 is 144 Å². The van der Waals surface area contributed by atoms with Crippen LogP contribution in [0.15, 0.2) is 47.9 Å². The molecule has 0 aromatic rings. The summed E-state index contributed by atoms with van der Waals surface area (Å²) in [7, 11) is 0. The molecule has 1 unspecified atom stereocenters. The number of allylic oxidation sites excluding steroid dienone is 5. The number of alkyl halides is 6. The fourth-order valence-electron chi connectivity index (χ4n) is 3.08. The van der Waals surface area contributed by atoms with Gasteiger partial charge in [0.2, 0.25) is 0 Å². The molecule has 0 bridgehead atoms. The minimum absolute atomic E-state index is 0.127. The number of rotatable bonds is 4. The van der Waals surface area contributed by atoms with Crippen molar-refractivity contribution in [3.05, 3.63) is 47.9 Å². The van der Waals surface area contributed by atoms with Crippen LogP contribution in [0.2, 0.25) is 0 Å². The van der Waals surface area contributed by atoms with Gasteiger partial charge in [0.05, 0.1) is 0 Å². The molecule has 130 valence electrons. The Morgan fingerprint density at radius 2 is 1.83 bits per heavy atom. The zero-order chi connectivity index (χ0) is 17.3. The molecule has 5 heteroatoms. The molecule has 0 spiro atoms. The fraction of sp³-hybridized carbons (Fsp3) is 0.556. The maximum atomic E-state index is 13.5. The molecule has 0 saturated heterocycles. The second kappa shape index (κ2) is 7.03. The van der Waals surface area contributed by atoms with E-state index in [0.717, 1.165) is 10.8 Å². The second-order valence-corrected chi connectivity index (χ2v) is 12.9. The average Bonchev–Trinajstić information content (AvgIpc) is 2.69. The molecule has 1 atom stereocenters.